The van der Waals surface area contributed by atoms with Crippen molar-refractivity contribution in [1.29, 1.82) is 0 Å². The predicted octanol–water partition coefficient (Wildman–Crippen LogP) is 3.56. The summed E-state index contributed by atoms with van der Waals surface area (Å²) in [4.78, 5) is 4.09. The van der Waals surface area contributed by atoms with Gasteiger partial charge in [0.05, 0.1) is 7.11 Å². The minimum atomic E-state index is -0.468. The van der Waals surface area contributed by atoms with Gasteiger partial charge in [-0.05, 0) is 54.4 Å². The van der Waals surface area contributed by atoms with Crippen molar-refractivity contribution >= 4 is 35.6 Å². The zero-order chi connectivity index (χ0) is 15.9. The molecular weight excluding hydrogens is 415 g/mol. The molecule has 0 unspecified atom stereocenters. The first-order valence-electron chi connectivity index (χ1n) is 6.73. The van der Waals surface area contributed by atoms with Gasteiger partial charge in [-0.3, -0.25) is 4.99 Å². The van der Waals surface area contributed by atoms with Crippen LogP contribution in [0.3, 0.4) is 0 Å². The van der Waals surface area contributed by atoms with Crippen LogP contribution >= 0.6 is 24.0 Å². The summed E-state index contributed by atoms with van der Waals surface area (Å²) in [5.41, 5.74) is 6.79. The second-order valence-corrected chi connectivity index (χ2v) is 4.61. The van der Waals surface area contributed by atoms with E-state index in [2.05, 4.69) is 10.3 Å². The second-order valence-electron chi connectivity index (χ2n) is 4.61. The molecular formula is C16H18F2IN3O. The van der Waals surface area contributed by atoms with E-state index in [-0.39, 0.29) is 48.5 Å². The Balaban J connectivity index is 0.00000264. The van der Waals surface area contributed by atoms with E-state index in [1.54, 1.807) is 31.4 Å². The summed E-state index contributed by atoms with van der Waals surface area (Å²) >= 11 is 0. The molecule has 2 rings (SSSR count). The number of halogens is 3. The Morgan fingerprint density at radius 2 is 1.87 bits per heavy atom. The van der Waals surface area contributed by atoms with Gasteiger partial charge in [-0.25, -0.2) is 8.78 Å². The summed E-state index contributed by atoms with van der Waals surface area (Å²) in [7, 11) is 1.59. The summed E-state index contributed by atoms with van der Waals surface area (Å²) < 4.78 is 31.5. The van der Waals surface area contributed by atoms with Crippen LogP contribution in [0.4, 0.5) is 14.5 Å². The zero-order valence-electron chi connectivity index (χ0n) is 12.6. The molecule has 0 saturated carbocycles. The molecule has 0 aliphatic rings. The maximum Gasteiger partial charge on any atom is 0.193 e. The normalized spacial score (nSPS) is 10.8. The Morgan fingerprint density at radius 1 is 1.17 bits per heavy atom. The lowest BCUT2D eigenvalue weighted by molar-refractivity contribution is 0.415. The molecule has 0 heterocycles. The highest BCUT2D eigenvalue weighted by Gasteiger charge is 2.03. The van der Waals surface area contributed by atoms with E-state index in [0.29, 0.717) is 0 Å². The van der Waals surface area contributed by atoms with Gasteiger partial charge in [0, 0.05) is 12.2 Å². The molecule has 4 nitrogen and oxygen atoms in total. The van der Waals surface area contributed by atoms with Gasteiger partial charge in [-0.1, -0.05) is 0 Å². The van der Waals surface area contributed by atoms with Gasteiger partial charge < -0.3 is 15.8 Å². The summed E-state index contributed by atoms with van der Waals surface area (Å²) in [6.45, 7) is 0.259. The van der Waals surface area contributed by atoms with Crippen molar-refractivity contribution < 1.29 is 13.5 Å². The lowest BCUT2D eigenvalue weighted by atomic mass is 10.1. The molecule has 0 atom stereocenters. The molecule has 3 N–H and O–H groups in total. The van der Waals surface area contributed by atoms with Crippen LogP contribution in [0, 0.1) is 11.6 Å². The summed E-state index contributed by atoms with van der Waals surface area (Å²) in [5.74, 6) is 0.0348. The minimum Gasteiger partial charge on any atom is -0.497 e. The smallest absolute Gasteiger partial charge is 0.193 e. The number of hydrogen-bond acceptors (Lipinski definition) is 2. The molecule has 0 aliphatic heterocycles. The van der Waals surface area contributed by atoms with Crippen LogP contribution in [-0.2, 0) is 6.42 Å². The SMILES string of the molecule is COc1ccc(NC(N)=NCCc2cc(F)ccc2F)cc1.I. The molecule has 0 spiro atoms. The second kappa shape index (κ2) is 9.29. The van der Waals surface area contributed by atoms with Gasteiger partial charge in [0.15, 0.2) is 5.96 Å². The van der Waals surface area contributed by atoms with Crippen molar-refractivity contribution in [1.82, 2.24) is 0 Å². The van der Waals surface area contributed by atoms with Gasteiger partial charge in [0.1, 0.15) is 17.4 Å². The van der Waals surface area contributed by atoms with E-state index in [9.17, 15) is 8.78 Å². The van der Waals surface area contributed by atoms with E-state index in [1.165, 1.54) is 0 Å². The fourth-order valence-electron chi connectivity index (χ4n) is 1.89. The van der Waals surface area contributed by atoms with E-state index in [0.717, 1.165) is 29.6 Å². The Labute approximate surface area is 150 Å². The fourth-order valence-corrected chi connectivity index (χ4v) is 1.89. The first kappa shape index (κ1) is 19.1. The Kier molecular flexibility index (Phi) is 7.73. The van der Waals surface area contributed by atoms with E-state index < -0.39 is 11.6 Å². The first-order valence-corrected chi connectivity index (χ1v) is 6.73. The van der Waals surface area contributed by atoms with Crippen LogP contribution in [-0.4, -0.2) is 19.6 Å². The van der Waals surface area contributed by atoms with Crippen LogP contribution in [0.5, 0.6) is 5.75 Å². The van der Waals surface area contributed by atoms with Gasteiger partial charge in [-0.2, -0.15) is 0 Å². The third kappa shape index (κ3) is 6.01. The lowest BCUT2D eigenvalue weighted by Gasteiger charge is -2.07. The maximum absolute atomic E-state index is 13.4. The third-order valence-corrected chi connectivity index (χ3v) is 3.03. The van der Waals surface area contributed by atoms with Gasteiger partial charge in [0.25, 0.3) is 0 Å². The summed E-state index contributed by atoms with van der Waals surface area (Å²) in [6.07, 6.45) is 0.272. The number of nitrogens with zero attached hydrogens (tertiary/aromatic N) is 1. The molecule has 2 aromatic carbocycles. The monoisotopic (exact) mass is 433 g/mol. The Hall–Kier alpha value is -1.90. The Bertz CT molecular complexity index is 663. The number of nitrogens with one attached hydrogen (secondary N) is 1. The van der Waals surface area contributed by atoms with E-state index >= 15 is 0 Å². The highest BCUT2D eigenvalue weighted by molar-refractivity contribution is 14.0. The van der Waals surface area contributed by atoms with Crippen LogP contribution < -0.4 is 15.8 Å². The quantitative estimate of drug-likeness (QED) is 0.431. The van der Waals surface area contributed by atoms with Crippen LogP contribution in [0.1, 0.15) is 5.56 Å². The number of ether oxygens (including phenoxy) is 1. The standard InChI is InChI=1S/C16H17F2N3O.HI/c1-22-14-5-3-13(4-6-14)21-16(19)20-9-8-11-10-12(17)2-7-15(11)18;/h2-7,10H,8-9H2,1H3,(H3,19,20,21);1H. The zero-order valence-corrected chi connectivity index (χ0v) is 14.9. The van der Waals surface area contributed by atoms with Gasteiger partial charge >= 0.3 is 0 Å². The highest BCUT2D eigenvalue weighted by atomic mass is 127. The predicted molar refractivity (Wildman–Crippen MR) is 98.6 cm³/mol. The van der Waals surface area contributed by atoms with Crippen molar-refractivity contribution in [2.45, 2.75) is 6.42 Å². The van der Waals surface area contributed by atoms with Crippen LogP contribution in [0.25, 0.3) is 0 Å². The molecule has 23 heavy (non-hydrogen) atoms. The fraction of sp³-hybridized carbons (Fsp3) is 0.188. The number of nitrogens with two attached hydrogens (primary N) is 1. The number of benzene rings is 2. The molecule has 7 heteroatoms. The van der Waals surface area contributed by atoms with Gasteiger partial charge in [-0.15, -0.1) is 24.0 Å². The van der Waals surface area contributed by atoms with E-state index in [1.807, 2.05) is 0 Å². The van der Waals surface area contributed by atoms with Crippen molar-refractivity contribution in [2.24, 2.45) is 10.7 Å². The number of anilines is 1. The average Bonchev–Trinajstić information content (AvgIpc) is 2.51. The third-order valence-electron chi connectivity index (χ3n) is 3.03. The average molecular weight is 433 g/mol. The molecule has 0 saturated heterocycles. The Morgan fingerprint density at radius 3 is 2.52 bits per heavy atom. The maximum atomic E-state index is 13.4. The number of aliphatic imine (C=N–C) groups is 1. The molecule has 124 valence electrons. The highest BCUT2D eigenvalue weighted by Crippen LogP contribution is 2.14. The number of rotatable bonds is 5. The van der Waals surface area contributed by atoms with Crippen LogP contribution in [0.2, 0.25) is 0 Å². The molecule has 2 aromatic rings. The molecule has 0 fully saturated rings. The number of guanidine groups is 1. The molecule has 0 aliphatic carbocycles. The topological polar surface area (TPSA) is 59.6 Å². The van der Waals surface area contributed by atoms with E-state index in [4.69, 9.17) is 10.5 Å². The number of hydrogen-bond donors (Lipinski definition) is 2. The van der Waals surface area contributed by atoms with Crippen molar-refractivity contribution in [3.05, 3.63) is 59.7 Å². The van der Waals surface area contributed by atoms with Crippen LogP contribution in [0.15, 0.2) is 47.5 Å². The number of methoxy groups -OCH3 is 1. The lowest BCUT2D eigenvalue weighted by Crippen LogP contribution is -2.23. The van der Waals surface area contributed by atoms with Crippen molar-refractivity contribution in [3.63, 3.8) is 0 Å². The summed E-state index contributed by atoms with van der Waals surface area (Å²) in [5, 5.41) is 2.91. The summed E-state index contributed by atoms with van der Waals surface area (Å²) in [6, 6.07) is 10.5. The molecule has 0 bridgehead atoms. The molecule has 0 aromatic heterocycles. The van der Waals surface area contributed by atoms with Gasteiger partial charge in [0.2, 0.25) is 0 Å². The van der Waals surface area contributed by atoms with Crippen molar-refractivity contribution in [3.8, 4) is 5.75 Å². The molecule has 0 radical (unpaired) electrons. The first-order chi connectivity index (χ1) is 10.6. The minimum absolute atomic E-state index is 0. The largest absolute Gasteiger partial charge is 0.497 e. The van der Waals surface area contributed by atoms with Crippen molar-refractivity contribution in [2.75, 3.05) is 19.0 Å². The molecule has 0 amide bonds.